The summed E-state index contributed by atoms with van der Waals surface area (Å²) in [6.45, 7) is 0.899. The Kier molecular flexibility index (Phi) is 4.15. The van der Waals surface area contributed by atoms with Crippen molar-refractivity contribution in [3.8, 4) is 0 Å². The van der Waals surface area contributed by atoms with Gasteiger partial charge in [-0.3, -0.25) is 4.79 Å². The number of carbonyl (C=O) groups is 1. The zero-order valence-corrected chi connectivity index (χ0v) is 8.86. The number of primary amides is 1. The summed E-state index contributed by atoms with van der Waals surface area (Å²) in [6.07, 6.45) is -4.30. The van der Waals surface area contributed by atoms with E-state index < -0.39 is 24.0 Å². The molecule has 0 radical (unpaired) electrons. The van der Waals surface area contributed by atoms with Crippen molar-refractivity contribution in [3.63, 3.8) is 0 Å². The Balaban J connectivity index is 2.48. The third-order valence-corrected chi connectivity index (χ3v) is 2.80. The standard InChI is InChI=1S/C9H16F3N3O/c10-9(11,12)3-6-15-8(7(13)16)1-4-14-5-2-8/h14-15H,1-6H2,(H2,13,16). The van der Waals surface area contributed by atoms with E-state index in [1.54, 1.807) is 0 Å². The lowest BCUT2D eigenvalue weighted by Gasteiger charge is -2.35. The molecule has 0 saturated carbocycles. The molecule has 0 bridgehead atoms. The summed E-state index contributed by atoms with van der Waals surface area (Å²) in [7, 11) is 0. The van der Waals surface area contributed by atoms with Gasteiger partial charge in [0.25, 0.3) is 0 Å². The van der Waals surface area contributed by atoms with Crippen LogP contribution in [0.3, 0.4) is 0 Å². The molecule has 7 heteroatoms. The highest BCUT2D eigenvalue weighted by Crippen LogP contribution is 2.21. The average Bonchev–Trinajstić information content (AvgIpc) is 2.17. The molecule has 4 nitrogen and oxygen atoms in total. The predicted octanol–water partition coefficient (Wildman–Crippen LogP) is 0.136. The number of amides is 1. The Labute approximate surface area is 91.8 Å². The van der Waals surface area contributed by atoms with E-state index in [1.807, 2.05) is 0 Å². The molecule has 0 spiro atoms. The van der Waals surface area contributed by atoms with Crippen molar-refractivity contribution in [1.29, 1.82) is 0 Å². The van der Waals surface area contributed by atoms with Crippen molar-refractivity contribution in [2.45, 2.75) is 31.0 Å². The topological polar surface area (TPSA) is 67.2 Å². The van der Waals surface area contributed by atoms with Crippen molar-refractivity contribution in [1.82, 2.24) is 10.6 Å². The van der Waals surface area contributed by atoms with E-state index in [4.69, 9.17) is 5.73 Å². The zero-order chi connectivity index (χ0) is 12.2. The molecule has 0 unspecified atom stereocenters. The maximum Gasteiger partial charge on any atom is 0.390 e. The maximum absolute atomic E-state index is 12.0. The summed E-state index contributed by atoms with van der Waals surface area (Å²) < 4.78 is 35.9. The van der Waals surface area contributed by atoms with Gasteiger partial charge in [0.05, 0.1) is 6.42 Å². The molecule has 0 aliphatic carbocycles. The number of nitrogens with one attached hydrogen (secondary N) is 2. The van der Waals surface area contributed by atoms with Crippen LogP contribution in [0.4, 0.5) is 13.2 Å². The first-order chi connectivity index (χ1) is 7.36. The molecule has 0 aromatic rings. The van der Waals surface area contributed by atoms with Crippen molar-refractivity contribution < 1.29 is 18.0 Å². The molecule has 1 fully saturated rings. The molecule has 1 aliphatic heterocycles. The number of halogens is 3. The lowest BCUT2D eigenvalue weighted by atomic mass is 9.87. The van der Waals surface area contributed by atoms with Gasteiger partial charge in [-0.2, -0.15) is 13.2 Å². The fourth-order valence-corrected chi connectivity index (χ4v) is 1.81. The third-order valence-electron chi connectivity index (χ3n) is 2.80. The fraction of sp³-hybridized carbons (Fsp3) is 0.889. The van der Waals surface area contributed by atoms with Crippen LogP contribution in [0.1, 0.15) is 19.3 Å². The van der Waals surface area contributed by atoms with Gasteiger partial charge in [0, 0.05) is 6.54 Å². The molecule has 0 atom stereocenters. The quantitative estimate of drug-likeness (QED) is 0.653. The molecule has 4 N–H and O–H groups in total. The smallest absolute Gasteiger partial charge is 0.368 e. The number of hydrogen-bond donors (Lipinski definition) is 3. The Morgan fingerprint density at radius 3 is 2.38 bits per heavy atom. The Hall–Kier alpha value is -0.820. The minimum Gasteiger partial charge on any atom is -0.368 e. The van der Waals surface area contributed by atoms with E-state index in [0.717, 1.165) is 0 Å². The first-order valence-electron chi connectivity index (χ1n) is 5.18. The van der Waals surface area contributed by atoms with E-state index in [1.165, 1.54) is 0 Å². The number of rotatable bonds is 4. The van der Waals surface area contributed by atoms with Gasteiger partial charge >= 0.3 is 6.18 Å². The second-order valence-corrected chi connectivity index (χ2v) is 3.99. The number of alkyl halides is 3. The Morgan fingerprint density at radius 1 is 1.38 bits per heavy atom. The van der Waals surface area contributed by atoms with Gasteiger partial charge in [-0.1, -0.05) is 0 Å². The summed E-state index contributed by atoms with van der Waals surface area (Å²) in [6, 6.07) is 0. The van der Waals surface area contributed by atoms with Crippen molar-refractivity contribution >= 4 is 5.91 Å². The largest absolute Gasteiger partial charge is 0.390 e. The zero-order valence-electron chi connectivity index (χ0n) is 8.86. The van der Waals surface area contributed by atoms with Gasteiger partial charge in [0.15, 0.2) is 0 Å². The van der Waals surface area contributed by atoms with Crippen LogP contribution in [0.5, 0.6) is 0 Å². The molecule has 0 aromatic carbocycles. The van der Waals surface area contributed by atoms with Gasteiger partial charge in [0.2, 0.25) is 5.91 Å². The minimum atomic E-state index is -4.21. The molecular weight excluding hydrogens is 223 g/mol. The third kappa shape index (κ3) is 3.64. The Bertz CT molecular complexity index is 249. The lowest BCUT2D eigenvalue weighted by Crippen LogP contribution is -2.60. The molecule has 1 rings (SSSR count). The summed E-state index contributed by atoms with van der Waals surface area (Å²) >= 11 is 0. The monoisotopic (exact) mass is 239 g/mol. The van der Waals surface area contributed by atoms with Crippen LogP contribution in [0.15, 0.2) is 0 Å². The first-order valence-corrected chi connectivity index (χ1v) is 5.18. The molecule has 1 aliphatic rings. The van der Waals surface area contributed by atoms with Gasteiger partial charge in [-0.15, -0.1) is 0 Å². The normalized spacial score (nSPS) is 20.7. The van der Waals surface area contributed by atoms with Crippen LogP contribution in [0, 0.1) is 0 Å². The van der Waals surface area contributed by atoms with Crippen LogP contribution < -0.4 is 16.4 Å². The van der Waals surface area contributed by atoms with Crippen molar-refractivity contribution in [2.24, 2.45) is 5.73 Å². The van der Waals surface area contributed by atoms with E-state index in [9.17, 15) is 18.0 Å². The number of piperidine rings is 1. The lowest BCUT2D eigenvalue weighted by molar-refractivity contribution is -0.137. The second-order valence-electron chi connectivity index (χ2n) is 3.99. The summed E-state index contributed by atoms with van der Waals surface area (Å²) in [4.78, 5) is 11.3. The predicted molar refractivity (Wildman–Crippen MR) is 52.7 cm³/mol. The molecule has 94 valence electrons. The van der Waals surface area contributed by atoms with Crippen LogP contribution in [-0.2, 0) is 4.79 Å². The molecule has 16 heavy (non-hydrogen) atoms. The molecule has 1 amide bonds. The van der Waals surface area contributed by atoms with E-state index in [-0.39, 0.29) is 6.54 Å². The van der Waals surface area contributed by atoms with Crippen LogP contribution in [-0.4, -0.2) is 37.3 Å². The highest BCUT2D eigenvalue weighted by molar-refractivity contribution is 5.84. The summed E-state index contributed by atoms with van der Waals surface area (Å²) in [5.74, 6) is -0.573. The average molecular weight is 239 g/mol. The Morgan fingerprint density at radius 2 is 1.94 bits per heavy atom. The molecular formula is C9H16F3N3O. The van der Waals surface area contributed by atoms with Gasteiger partial charge in [-0.05, 0) is 25.9 Å². The number of nitrogens with two attached hydrogens (primary N) is 1. The number of hydrogen-bond acceptors (Lipinski definition) is 3. The van der Waals surface area contributed by atoms with Crippen LogP contribution in [0.2, 0.25) is 0 Å². The summed E-state index contributed by atoms with van der Waals surface area (Å²) in [5.41, 5.74) is 4.27. The SMILES string of the molecule is NC(=O)C1(NCCC(F)(F)F)CCNCC1. The maximum atomic E-state index is 12.0. The van der Waals surface area contributed by atoms with E-state index >= 15 is 0 Å². The fourth-order valence-electron chi connectivity index (χ4n) is 1.81. The molecule has 1 saturated heterocycles. The van der Waals surface area contributed by atoms with E-state index in [0.29, 0.717) is 25.9 Å². The van der Waals surface area contributed by atoms with Gasteiger partial charge in [0.1, 0.15) is 5.54 Å². The second kappa shape index (κ2) is 5.01. The van der Waals surface area contributed by atoms with Gasteiger partial charge in [-0.25, -0.2) is 0 Å². The highest BCUT2D eigenvalue weighted by Gasteiger charge is 2.38. The minimum absolute atomic E-state index is 0.271. The highest BCUT2D eigenvalue weighted by atomic mass is 19.4. The first kappa shape index (κ1) is 13.2. The molecule has 1 heterocycles. The van der Waals surface area contributed by atoms with Crippen LogP contribution in [0.25, 0.3) is 0 Å². The summed E-state index contributed by atoms with van der Waals surface area (Å²) in [5, 5.41) is 5.69. The van der Waals surface area contributed by atoms with Crippen molar-refractivity contribution in [2.75, 3.05) is 19.6 Å². The van der Waals surface area contributed by atoms with E-state index in [2.05, 4.69) is 10.6 Å². The van der Waals surface area contributed by atoms with Crippen LogP contribution >= 0.6 is 0 Å². The van der Waals surface area contributed by atoms with Gasteiger partial charge < -0.3 is 16.4 Å². The number of carbonyl (C=O) groups excluding carboxylic acids is 1. The molecule has 0 aromatic heterocycles. The van der Waals surface area contributed by atoms with Crippen molar-refractivity contribution in [3.05, 3.63) is 0 Å².